The zero-order chi connectivity index (χ0) is 11.5. The molecule has 2 saturated carbocycles. The summed E-state index contributed by atoms with van der Waals surface area (Å²) in [4.78, 5) is 11.8. The third-order valence-corrected chi connectivity index (χ3v) is 4.12. The Bertz CT molecular complexity index is 242. The van der Waals surface area contributed by atoms with Gasteiger partial charge in [0.15, 0.2) is 0 Å². The average molecular weight is 225 g/mol. The smallest absolute Gasteiger partial charge is 0.223 e. The Kier molecular flexibility index (Phi) is 3.85. The lowest BCUT2D eigenvalue weighted by molar-refractivity contribution is -0.125. The van der Waals surface area contributed by atoms with Crippen LogP contribution in [0.5, 0.6) is 0 Å². The zero-order valence-electron chi connectivity index (χ0n) is 10.1. The lowest BCUT2D eigenvalue weighted by Gasteiger charge is -2.26. The van der Waals surface area contributed by atoms with Gasteiger partial charge in [0.05, 0.1) is 6.10 Å². The molecule has 1 unspecified atom stereocenters. The Hall–Kier alpha value is -0.570. The molecule has 2 rings (SSSR count). The van der Waals surface area contributed by atoms with Crippen molar-refractivity contribution in [3.63, 3.8) is 0 Å². The molecule has 92 valence electrons. The summed E-state index contributed by atoms with van der Waals surface area (Å²) in [5, 5.41) is 12.5. The van der Waals surface area contributed by atoms with E-state index in [2.05, 4.69) is 5.32 Å². The van der Waals surface area contributed by atoms with E-state index in [1.54, 1.807) is 0 Å². The molecular formula is C13H23NO2. The number of aliphatic hydroxyl groups excluding tert-OH is 1. The number of carbonyl (C=O) groups excluding carboxylic acids is 1. The predicted molar refractivity (Wildman–Crippen MR) is 62.9 cm³/mol. The van der Waals surface area contributed by atoms with Crippen molar-refractivity contribution in [3.05, 3.63) is 0 Å². The summed E-state index contributed by atoms with van der Waals surface area (Å²) in [5.74, 6) is 1.66. The number of hydrogen-bond acceptors (Lipinski definition) is 2. The molecule has 2 fully saturated rings. The number of hydrogen-bond donors (Lipinski definition) is 2. The van der Waals surface area contributed by atoms with E-state index in [1.165, 1.54) is 12.8 Å². The number of rotatable bonds is 4. The van der Waals surface area contributed by atoms with Gasteiger partial charge in [0, 0.05) is 12.5 Å². The molecule has 2 aliphatic rings. The van der Waals surface area contributed by atoms with E-state index in [-0.39, 0.29) is 17.9 Å². The SMILES string of the molecule is CC(C(=O)NCC1CCC(O)CC1)C1CC1. The van der Waals surface area contributed by atoms with Gasteiger partial charge in [-0.15, -0.1) is 0 Å². The summed E-state index contributed by atoms with van der Waals surface area (Å²) in [6.07, 6.45) is 6.27. The maximum absolute atomic E-state index is 11.8. The Morgan fingerprint density at radius 3 is 2.44 bits per heavy atom. The van der Waals surface area contributed by atoms with Crippen molar-refractivity contribution in [2.45, 2.75) is 51.6 Å². The number of amides is 1. The number of nitrogens with one attached hydrogen (secondary N) is 1. The highest BCUT2D eigenvalue weighted by Gasteiger charge is 2.32. The second kappa shape index (κ2) is 5.17. The second-order valence-electron chi connectivity index (χ2n) is 5.55. The molecule has 3 nitrogen and oxygen atoms in total. The molecule has 0 radical (unpaired) electrons. The molecule has 0 saturated heterocycles. The molecule has 3 heteroatoms. The number of aliphatic hydroxyl groups is 1. The van der Waals surface area contributed by atoms with E-state index in [1.807, 2.05) is 6.92 Å². The van der Waals surface area contributed by atoms with E-state index < -0.39 is 0 Å². The molecule has 1 amide bonds. The molecule has 0 spiro atoms. The largest absolute Gasteiger partial charge is 0.393 e. The number of carbonyl (C=O) groups is 1. The molecule has 16 heavy (non-hydrogen) atoms. The maximum atomic E-state index is 11.8. The third kappa shape index (κ3) is 3.21. The van der Waals surface area contributed by atoms with Gasteiger partial charge in [-0.2, -0.15) is 0 Å². The van der Waals surface area contributed by atoms with Crippen LogP contribution in [0.1, 0.15) is 45.4 Å². The van der Waals surface area contributed by atoms with Gasteiger partial charge in [0.2, 0.25) is 5.91 Å². The first-order chi connectivity index (χ1) is 7.66. The van der Waals surface area contributed by atoms with E-state index in [0.717, 1.165) is 32.2 Å². The van der Waals surface area contributed by atoms with Crippen molar-refractivity contribution in [2.75, 3.05) is 6.54 Å². The molecule has 1 atom stereocenters. The molecule has 2 N–H and O–H groups in total. The van der Waals surface area contributed by atoms with Crippen LogP contribution in [0.3, 0.4) is 0 Å². The first kappa shape index (κ1) is 11.9. The van der Waals surface area contributed by atoms with Gasteiger partial charge in [0.1, 0.15) is 0 Å². The van der Waals surface area contributed by atoms with E-state index in [4.69, 9.17) is 0 Å². The van der Waals surface area contributed by atoms with Crippen LogP contribution in [0, 0.1) is 17.8 Å². The summed E-state index contributed by atoms with van der Waals surface area (Å²) >= 11 is 0. The minimum Gasteiger partial charge on any atom is -0.393 e. The standard InChI is InChI=1S/C13H23NO2/c1-9(11-4-5-11)13(16)14-8-10-2-6-12(15)7-3-10/h9-12,15H,2-8H2,1H3,(H,14,16). The second-order valence-corrected chi connectivity index (χ2v) is 5.55. The molecule has 0 bridgehead atoms. The zero-order valence-corrected chi connectivity index (χ0v) is 10.1. The fraction of sp³-hybridized carbons (Fsp3) is 0.923. The van der Waals surface area contributed by atoms with E-state index in [9.17, 15) is 9.90 Å². The minimum absolute atomic E-state index is 0.0997. The van der Waals surface area contributed by atoms with E-state index >= 15 is 0 Å². The Labute approximate surface area is 97.6 Å². The monoisotopic (exact) mass is 225 g/mol. The summed E-state index contributed by atoms with van der Waals surface area (Å²) in [6.45, 7) is 2.85. The molecular weight excluding hydrogens is 202 g/mol. The Morgan fingerprint density at radius 1 is 1.25 bits per heavy atom. The molecule has 0 heterocycles. The summed E-state index contributed by atoms with van der Waals surface area (Å²) in [5.41, 5.74) is 0. The minimum atomic E-state index is -0.0997. The fourth-order valence-electron chi connectivity index (χ4n) is 2.57. The Morgan fingerprint density at radius 2 is 1.88 bits per heavy atom. The van der Waals surface area contributed by atoms with Crippen LogP contribution >= 0.6 is 0 Å². The van der Waals surface area contributed by atoms with Crippen molar-refractivity contribution >= 4 is 5.91 Å². The van der Waals surface area contributed by atoms with Crippen molar-refractivity contribution in [1.29, 1.82) is 0 Å². The van der Waals surface area contributed by atoms with Crippen molar-refractivity contribution in [2.24, 2.45) is 17.8 Å². The lowest BCUT2D eigenvalue weighted by Crippen LogP contribution is -2.35. The van der Waals surface area contributed by atoms with Crippen LogP contribution in [-0.2, 0) is 4.79 Å². The maximum Gasteiger partial charge on any atom is 0.223 e. The highest BCUT2D eigenvalue weighted by Crippen LogP contribution is 2.36. The molecule has 2 aliphatic carbocycles. The van der Waals surface area contributed by atoms with Crippen LogP contribution in [0.25, 0.3) is 0 Å². The molecule has 0 aromatic carbocycles. The summed E-state index contributed by atoms with van der Waals surface area (Å²) in [6, 6.07) is 0. The first-order valence-corrected chi connectivity index (χ1v) is 6.62. The third-order valence-electron chi connectivity index (χ3n) is 4.12. The highest BCUT2D eigenvalue weighted by atomic mass is 16.3. The molecule has 0 aromatic heterocycles. The van der Waals surface area contributed by atoms with E-state index in [0.29, 0.717) is 11.8 Å². The molecule has 0 aliphatic heterocycles. The Balaban J connectivity index is 1.64. The predicted octanol–water partition coefficient (Wildman–Crippen LogP) is 1.70. The van der Waals surface area contributed by atoms with Gasteiger partial charge in [0.25, 0.3) is 0 Å². The van der Waals surface area contributed by atoms with Crippen LogP contribution in [0.2, 0.25) is 0 Å². The van der Waals surface area contributed by atoms with Gasteiger partial charge in [-0.05, 0) is 50.4 Å². The van der Waals surface area contributed by atoms with Gasteiger partial charge in [-0.3, -0.25) is 4.79 Å². The van der Waals surface area contributed by atoms with Crippen LogP contribution in [0.4, 0.5) is 0 Å². The fourth-order valence-corrected chi connectivity index (χ4v) is 2.57. The van der Waals surface area contributed by atoms with Crippen LogP contribution in [-0.4, -0.2) is 23.7 Å². The van der Waals surface area contributed by atoms with Crippen molar-refractivity contribution in [1.82, 2.24) is 5.32 Å². The normalized spacial score (nSPS) is 32.1. The first-order valence-electron chi connectivity index (χ1n) is 6.62. The summed E-state index contributed by atoms with van der Waals surface area (Å²) < 4.78 is 0. The van der Waals surface area contributed by atoms with Crippen LogP contribution in [0.15, 0.2) is 0 Å². The lowest BCUT2D eigenvalue weighted by atomic mass is 9.87. The van der Waals surface area contributed by atoms with Gasteiger partial charge in [-0.1, -0.05) is 6.92 Å². The highest BCUT2D eigenvalue weighted by molar-refractivity contribution is 5.78. The van der Waals surface area contributed by atoms with Crippen LogP contribution < -0.4 is 5.32 Å². The topological polar surface area (TPSA) is 49.3 Å². The van der Waals surface area contributed by atoms with Gasteiger partial charge < -0.3 is 10.4 Å². The summed E-state index contributed by atoms with van der Waals surface area (Å²) in [7, 11) is 0. The molecule has 0 aromatic rings. The van der Waals surface area contributed by atoms with Gasteiger partial charge in [-0.25, -0.2) is 0 Å². The average Bonchev–Trinajstić information content (AvgIpc) is 3.11. The van der Waals surface area contributed by atoms with Gasteiger partial charge >= 0.3 is 0 Å². The van der Waals surface area contributed by atoms with Crippen molar-refractivity contribution < 1.29 is 9.90 Å². The van der Waals surface area contributed by atoms with Crippen molar-refractivity contribution in [3.8, 4) is 0 Å². The quantitative estimate of drug-likeness (QED) is 0.765.